The third-order valence-corrected chi connectivity index (χ3v) is 5.97. The fraction of sp³-hybridized carbons (Fsp3) is 0.348. The van der Waals surface area contributed by atoms with Gasteiger partial charge in [0.25, 0.3) is 0 Å². The standard InChI is InChI=1S/C23H27N3OS/c1-18-7-3-6-10-22(18)27-16-15-26-17-20(19-8-4-5-9-21(19)26)23(28)25-13-11-24(2)12-14-25/h3-10,17H,11-16H2,1-2H3. The molecule has 0 radical (unpaired) electrons. The number of hydrogen-bond donors (Lipinski definition) is 0. The van der Waals surface area contributed by atoms with Crippen molar-refractivity contribution in [2.45, 2.75) is 13.5 Å². The Hall–Kier alpha value is -2.37. The van der Waals surface area contributed by atoms with Crippen molar-refractivity contribution >= 4 is 28.1 Å². The van der Waals surface area contributed by atoms with E-state index in [2.05, 4.69) is 64.9 Å². The van der Waals surface area contributed by atoms with Crippen LogP contribution in [-0.2, 0) is 6.54 Å². The first-order valence-electron chi connectivity index (χ1n) is 9.87. The molecule has 1 aromatic heterocycles. The van der Waals surface area contributed by atoms with Crippen LogP contribution in [0.15, 0.2) is 54.7 Å². The first kappa shape index (κ1) is 19.0. The van der Waals surface area contributed by atoms with E-state index in [0.717, 1.165) is 54.6 Å². The molecule has 1 aliphatic heterocycles. The van der Waals surface area contributed by atoms with E-state index < -0.39 is 0 Å². The lowest BCUT2D eigenvalue weighted by Crippen LogP contribution is -2.46. The van der Waals surface area contributed by atoms with Crippen LogP contribution in [0.4, 0.5) is 0 Å². The van der Waals surface area contributed by atoms with Crippen LogP contribution in [0.3, 0.4) is 0 Å². The van der Waals surface area contributed by atoms with Crippen molar-refractivity contribution in [3.63, 3.8) is 0 Å². The van der Waals surface area contributed by atoms with Gasteiger partial charge in [-0.3, -0.25) is 0 Å². The van der Waals surface area contributed by atoms with Gasteiger partial charge in [-0.15, -0.1) is 0 Å². The highest BCUT2D eigenvalue weighted by Crippen LogP contribution is 2.24. The molecule has 0 amide bonds. The fourth-order valence-electron chi connectivity index (χ4n) is 3.75. The summed E-state index contributed by atoms with van der Waals surface area (Å²) >= 11 is 5.89. The molecule has 4 rings (SSSR count). The molecule has 0 saturated carbocycles. The zero-order valence-corrected chi connectivity index (χ0v) is 17.4. The monoisotopic (exact) mass is 393 g/mol. The van der Waals surface area contributed by atoms with Gasteiger partial charge in [-0.2, -0.15) is 0 Å². The van der Waals surface area contributed by atoms with Crippen LogP contribution in [-0.4, -0.2) is 59.2 Å². The summed E-state index contributed by atoms with van der Waals surface area (Å²) < 4.78 is 8.29. The summed E-state index contributed by atoms with van der Waals surface area (Å²) in [5, 5.41) is 1.22. The quantitative estimate of drug-likeness (QED) is 0.612. The SMILES string of the molecule is Cc1ccccc1OCCn1cc(C(=S)N2CCN(C)CC2)c2ccccc21. The van der Waals surface area contributed by atoms with Crippen molar-refractivity contribution in [3.05, 3.63) is 65.9 Å². The number of benzene rings is 2. The maximum absolute atomic E-state index is 6.02. The van der Waals surface area contributed by atoms with Crippen molar-refractivity contribution in [3.8, 4) is 5.75 Å². The summed E-state index contributed by atoms with van der Waals surface area (Å²) in [6.45, 7) is 7.60. The number of hydrogen-bond acceptors (Lipinski definition) is 3. The van der Waals surface area contributed by atoms with Gasteiger partial charge in [-0.25, -0.2) is 0 Å². The third kappa shape index (κ3) is 3.91. The summed E-state index contributed by atoms with van der Waals surface area (Å²) in [5.74, 6) is 0.951. The molecule has 0 N–H and O–H groups in total. The van der Waals surface area contributed by atoms with Crippen molar-refractivity contribution in [1.82, 2.24) is 14.4 Å². The highest BCUT2D eigenvalue weighted by Gasteiger charge is 2.20. The van der Waals surface area contributed by atoms with Crippen LogP contribution in [0.5, 0.6) is 5.75 Å². The first-order chi connectivity index (χ1) is 13.6. The smallest absolute Gasteiger partial charge is 0.122 e. The second-order valence-corrected chi connectivity index (χ2v) is 7.85. The summed E-state index contributed by atoms with van der Waals surface area (Å²) in [6.07, 6.45) is 2.20. The molecule has 1 aliphatic rings. The molecule has 2 heterocycles. The molecule has 0 aliphatic carbocycles. The molecular formula is C23H27N3OS. The molecule has 28 heavy (non-hydrogen) atoms. The van der Waals surface area contributed by atoms with Crippen molar-refractivity contribution < 1.29 is 4.74 Å². The Labute approximate surface area is 172 Å². The minimum atomic E-state index is 0.629. The van der Waals surface area contributed by atoms with Gasteiger partial charge >= 0.3 is 0 Å². The average Bonchev–Trinajstić information content (AvgIpc) is 3.08. The molecule has 5 heteroatoms. The van der Waals surface area contributed by atoms with Crippen LogP contribution < -0.4 is 4.74 Å². The van der Waals surface area contributed by atoms with Gasteiger partial charge < -0.3 is 19.1 Å². The molecule has 2 aromatic carbocycles. The predicted molar refractivity (Wildman–Crippen MR) is 119 cm³/mol. The van der Waals surface area contributed by atoms with Crippen LogP contribution in [0.25, 0.3) is 10.9 Å². The maximum atomic E-state index is 6.02. The zero-order valence-electron chi connectivity index (χ0n) is 16.6. The number of para-hydroxylation sites is 2. The van der Waals surface area contributed by atoms with Gasteiger partial charge in [-0.1, -0.05) is 48.6 Å². The van der Waals surface area contributed by atoms with Crippen LogP contribution in [0, 0.1) is 6.92 Å². The van der Waals surface area contributed by atoms with E-state index in [1.54, 1.807) is 0 Å². The van der Waals surface area contributed by atoms with Gasteiger partial charge in [0.1, 0.15) is 17.3 Å². The third-order valence-electron chi connectivity index (χ3n) is 5.49. The number of rotatable bonds is 5. The minimum absolute atomic E-state index is 0.629. The Kier molecular flexibility index (Phi) is 5.64. The van der Waals surface area contributed by atoms with E-state index in [4.69, 9.17) is 17.0 Å². The lowest BCUT2D eigenvalue weighted by molar-refractivity contribution is 0.218. The number of fused-ring (bicyclic) bond motifs is 1. The molecular weight excluding hydrogens is 366 g/mol. The van der Waals surface area contributed by atoms with Gasteiger partial charge in [0.05, 0.1) is 6.54 Å². The Morgan fingerprint density at radius 1 is 1.00 bits per heavy atom. The lowest BCUT2D eigenvalue weighted by Gasteiger charge is -2.34. The molecule has 1 fully saturated rings. The van der Waals surface area contributed by atoms with Crippen LogP contribution in [0.2, 0.25) is 0 Å². The van der Waals surface area contributed by atoms with Crippen LogP contribution in [0.1, 0.15) is 11.1 Å². The van der Waals surface area contributed by atoms with Gasteiger partial charge in [0, 0.05) is 48.8 Å². The predicted octanol–water partition coefficient (Wildman–Crippen LogP) is 3.95. The highest BCUT2D eigenvalue weighted by molar-refractivity contribution is 7.80. The van der Waals surface area contributed by atoms with E-state index in [1.165, 1.54) is 10.9 Å². The Morgan fingerprint density at radius 2 is 1.71 bits per heavy atom. The Morgan fingerprint density at radius 3 is 2.50 bits per heavy atom. The molecule has 4 nitrogen and oxygen atoms in total. The van der Waals surface area contributed by atoms with Gasteiger partial charge in [0.15, 0.2) is 0 Å². The summed E-state index contributed by atoms with van der Waals surface area (Å²) in [5.41, 5.74) is 3.53. The maximum Gasteiger partial charge on any atom is 0.122 e. The van der Waals surface area contributed by atoms with E-state index >= 15 is 0 Å². The number of aryl methyl sites for hydroxylation is 1. The topological polar surface area (TPSA) is 20.6 Å². The summed E-state index contributed by atoms with van der Waals surface area (Å²) in [6, 6.07) is 16.7. The van der Waals surface area contributed by atoms with Crippen LogP contribution >= 0.6 is 12.2 Å². The van der Waals surface area contributed by atoms with Crippen molar-refractivity contribution in [1.29, 1.82) is 0 Å². The van der Waals surface area contributed by atoms with Gasteiger partial charge in [0.2, 0.25) is 0 Å². The first-order valence-corrected chi connectivity index (χ1v) is 10.3. The van der Waals surface area contributed by atoms with E-state index in [0.29, 0.717) is 6.61 Å². The van der Waals surface area contributed by atoms with Crippen molar-refractivity contribution in [2.75, 3.05) is 39.8 Å². The number of thiocarbonyl (C=S) groups is 1. The molecule has 1 saturated heterocycles. The molecule has 3 aromatic rings. The second-order valence-electron chi connectivity index (χ2n) is 7.46. The number of likely N-dealkylation sites (N-methyl/N-ethyl adjacent to an activating group) is 1. The Balaban J connectivity index is 1.53. The minimum Gasteiger partial charge on any atom is -0.491 e. The number of nitrogens with zero attached hydrogens (tertiary/aromatic N) is 3. The fourth-order valence-corrected chi connectivity index (χ4v) is 4.10. The van der Waals surface area contributed by atoms with E-state index in [9.17, 15) is 0 Å². The normalized spacial score (nSPS) is 15.1. The second kappa shape index (κ2) is 8.33. The largest absolute Gasteiger partial charge is 0.491 e. The zero-order chi connectivity index (χ0) is 19.5. The lowest BCUT2D eigenvalue weighted by atomic mass is 10.1. The van der Waals surface area contributed by atoms with Gasteiger partial charge in [-0.05, 0) is 31.7 Å². The molecule has 0 spiro atoms. The average molecular weight is 394 g/mol. The number of aromatic nitrogens is 1. The summed E-state index contributed by atoms with van der Waals surface area (Å²) in [7, 11) is 2.17. The van der Waals surface area contributed by atoms with E-state index in [1.807, 2.05) is 18.2 Å². The molecule has 146 valence electrons. The highest BCUT2D eigenvalue weighted by atomic mass is 32.1. The van der Waals surface area contributed by atoms with E-state index in [-0.39, 0.29) is 0 Å². The molecule has 0 bridgehead atoms. The molecule has 0 unspecified atom stereocenters. The number of piperazine rings is 1. The summed E-state index contributed by atoms with van der Waals surface area (Å²) in [4.78, 5) is 5.65. The Bertz CT molecular complexity index is 973. The van der Waals surface area contributed by atoms with Crippen molar-refractivity contribution in [2.24, 2.45) is 0 Å². The number of ether oxygens (including phenoxy) is 1. The molecule has 0 atom stereocenters.